The quantitative estimate of drug-likeness (QED) is 0.278. The van der Waals surface area contributed by atoms with E-state index in [0.29, 0.717) is 16.5 Å². The first-order chi connectivity index (χ1) is 14.9. The number of hydrogen-bond acceptors (Lipinski definition) is 8. The molecule has 0 fully saturated rings. The lowest BCUT2D eigenvalue weighted by atomic mass is 10.1. The molecule has 0 atom stereocenters. The van der Waals surface area contributed by atoms with Crippen LogP contribution in [0.1, 0.15) is 21.0 Å². The summed E-state index contributed by atoms with van der Waals surface area (Å²) in [4.78, 5) is 40.7. The molecule has 0 saturated heterocycles. The van der Waals surface area contributed by atoms with E-state index in [-0.39, 0.29) is 11.4 Å². The van der Waals surface area contributed by atoms with Gasteiger partial charge in [-0.05, 0) is 17.5 Å². The smallest absolute Gasteiger partial charge is 0.356 e. The van der Waals surface area contributed by atoms with Gasteiger partial charge in [0.1, 0.15) is 11.4 Å². The molecule has 4 aromatic rings. The molecule has 0 aliphatic heterocycles. The molecule has 0 radical (unpaired) electrons. The van der Waals surface area contributed by atoms with Crippen LogP contribution in [0.3, 0.4) is 0 Å². The molecular formula is C22H17N3O6. The van der Waals surface area contributed by atoms with E-state index >= 15 is 0 Å². The van der Waals surface area contributed by atoms with Crippen LogP contribution in [0.15, 0.2) is 67.0 Å². The molecule has 0 N–H and O–H groups in total. The summed E-state index contributed by atoms with van der Waals surface area (Å²) in [5, 5.41) is 13.8. The van der Waals surface area contributed by atoms with Gasteiger partial charge in [0.2, 0.25) is 0 Å². The Hall–Kier alpha value is -4.40. The van der Waals surface area contributed by atoms with Gasteiger partial charge < -0.3 is 9.47 Å². The van der Waals surface area contributed by atoms with Gasteiger partial charge in [0.05, 0.1) is 24.5 Å². The number of pyridine rings is 2. The highest BCUT2D eigenvalue weighted by Crippen LogP contribution is 2.25. The maximum Gasteiger partial charge on any atom is 0.356 e. The van der Waals surface area contributed by atoms with Crippen molar-refractivity contribution in [3.05, 3.63) is 88.5 Å². The first-order valence-electron chi connectivity index (χ1n) is 8.99. The monoisotopic (exact) mass is 419 g/mol. The molecule has 2 heterocycles. The second kappa shape index (κ2) is 9.40. The molecule has 0 bridgehead atoms. The number of nitrogens with zero attached hydrogens (tertiary/aromatic N) is 3. The predicted octanol–water partition coefficient (Wildman–Crippen LogP) is 3.95. The number of carbonyl (C=O) groups excluding carboxylic acids is 2. The summed E-state index contributed by atoms with van der Waals surface area (Å²) in [5.74, 6) is -1.03. The van der Waals surface area contributed by atoms with Crippen molar-refractivity contribution in [3.63, 3.8) is 0 Å². The van der Waals surface area contributed by atoms with Crippen LogP contribution in [0, 0.1) is 10.1 Å². The average Bonchev–Trinajstić information content (AvgIpc) is 2.82. The zero-order valence-electron chi connectivity index (χ0n) is 16.6. The van der Waals surface area contributed by atoms with Crippen molar-refractivity contribution in [3.8, 4) is 0 Å². The summed E-state index contributed by atoms with van der Waals surface area (Å²) >= 11 is 0. The van der Waals surface area contributed by atoms with Crippen molar-refractivity contribution >= 4 is 39.2 Å². The molecule has 2 aromatic carbocycles. The van der Waals surface area contributed by atoms with Gasteiger partial charge in [0.15, 0.2) is 0 Å². The molecule has 4 rings (SSSR count). The number of rotatable bonds is 3. The predicted molar refractivity (Wildman–Crippen MR) is 113 cm³/mol. The van der Waals surface area contributed by atoms with Crippen molar-refractivity contribution in [1.82, 2.24) is 9.97 Å². The summed E-state index contributed by atoms with van der Waals surface area (Å²) in [6.07, 6.45) is 3.08. The summed E-state index contributed by atoms with van der Waals surface area (Å²) in [6, 6.07) is 15.5. The largest absolute Gasteiger partial charge is 0.464 e. The van der Waals surface area contributed by atoms with Crippen LogP contribution in [0.4, 0.5) is 5.69 Å². The van der Waals surface area contributed by atoms with E-state index in [4.69, 9.17) is 0 Å². The Morgan fingerprint density at radius 1 is 0.806 bits per heavy atom. The minimum atomic E-state index is -0.620. The maximum atomic E-state index is 11.3. The van der Waals surface area contributed by atoms with E-state index in [2.05, 4.69) is 19.4 Å². The molecule has 0 saturated carbocycles. The topological polar surface area (TPSA) is 122 Å². The first-order valence-corrected chi connectivity index (χ1v) is 8.99. The molecule has 9 heteroatoms. The van der Waals surface area contributed by atoms with Crippen LogP contribution >= 0.6 is 0 Å². The zero-order valence-corrected chi connectivity index (χ0v) is 16.6. The number of nitro groups is 1. The summed E-state index contributed by atoms with van der Waals surface area (Å²) in [6.45, 7) is 0. The lowest BCUT2D eigenvalue weighted by Gasteiger charge is -2.01. The van der Waals surface area contributed by atoms with E-state index in [1.165, 1.54) is 32.5 Å². The average molecular weight is 419 g/mol. The van der Waals surface area contributed by atoms with Gasteiger partial charge in [-0.3, -0.25) is 10.1 Å². The van der Waals surface area contributed by atoms with Crippen molar-refractivity contribution in [2.75, 3.05) is 14.2 Å². The SMILES string of the molecule is COC(=O)c1cc2c([N+](=O)[O-])cccc2cn1.COC(=O)c1cc2ccccc2cn1. The van der Waals surface area contributed by atoms with Crippen LogP contribution in [0.5, 0.6) is 0 Å². The summed E-state index contributed by atoms with van der Waals surface area (Å²) in [5.41, 5.74) is 0.329. The van der Waals surface area contributed by atoms with Crippen LogP contribution in [-0.2, 0) is 9.47 Å². The second-order valence-corrected chi connectivity index (χ2v) is 6.22. The Bertz CT molecular complexity index is 1290. The zero-order chi connectivity index (χ0) is 22.4. The Labute approximate surface area is 176 Å². The van der Waals surface area contributed by atoms with Crippen molar-refractivity contribution < 1.29 is 24.0 Å². The highest BCUT2D eigenvalue weighted by Gasteiger charge is 2.15. The van der Waals surface area contributed by atoms with E-state index in [1.807, 2.05) is 24.3 Å². The van der Waals surface area contributed by atoms with Gasteiger partial charge >= 0.3 is 11.9 Å². The number of aromatic nitrogens is 2. The molecular weight excluding hydrogens is 402 g/mol. The molecule has 0 aliphatic rings. The van der Waals surface area contributed by atoms with Crippen LogP contribution in [0.2, 0.25) is 0 Å². The molecule has 2 aromatic heterocycles. The maximum absolute atomic E-state index is 11.3. The van der Waals surface area contributed by atoms with Crippen LogP contribution in [-0.4, -0.2) is 41.0 Å². The second-order valence-electron chi connectivity index (χ2n) is 6.22. The third-order valence-electron chi connectivity index (χ3n) is 4.36. The molecule has 9 nitrogen and oxygen atoms in total. The Kier molecular flexibility index (Phi) is 6.46. The van der Waals surface area contributed by atoms with E-state index in [1.54, 1.807) is 24.4 Å². The molecule has 0 aliphatic carbocycles. The normalized spacial score (nSPS) is 10.1. The van der Waals surface area contributed by atoms with E-state index in [9.17, 15) is 19.7 Å². The van der Waals surface area contributed by atoms with Gasteiger partial charge in [0, 0.05) is 29.2 Å². The number of nitro benzene ring substituents is 1. The van der Waals surface area contributed by atoms with E-state index in [0.717, 1.165) is 10.8 Å². The number of hydrogen-bond donors (Lipinski definition) is 0. The molecule has 0 unspecified atom stereocenters. The molecule has 0 amide bonds. The van der Waals surface area contributed by atoms with Gasteiger partial charge in [-0.1, -0.05) is 36.4 Å². The highest BCUT2D eigenvalue weighted by molar-refractivity contribution is 5.96. The van der Waals surface area contributed by atoms with E-state index < -0.39 is 16.9 Å². The van der Waals surface area contributed by atoms with Gasteiger partial charge in [0.25, 0.3) is 5.69 Å². The number of esters is 2. The Morgan fingerprint density at radius 3 is 1.97 bits per heavy atom. The molecule has 0 spiro atoms. The van der Waals surface area contributed by atoms with Crippen molar-refractivity contribution in [2.24, 2.45) is 0 Å². The third-order valence-corrected chi connectivity index (χ3v) is 4.36. The summed E-state index contributed by atoms with van der Waals surface area (Å²) in [7, 11) is 2.58. The summed E-state index contributed by atoms with van der Waals surface area (Å²) < 4.78 is 9.10. The minimum Gasteiger partial charge on any atom is -0.464 e. The lowest BCUT2D eigenvalue weighted by Crippen LogP contribution is -2.04. The van der Waals surface area contributed by atoms with Gasteiger partial charge in [-0.25, -0.2) is 19.6 Å². The fourth-order valence-electron chi connectivity index (χ4n) is 2.83. The standard InChI is InChI=1S/C11H8N2O4.C11H9NO2/c1-17-11(14)9-5-8-7(6-12-9)3-2-4-10(8)13(15)16;1-14-11(13)10-6-8-4-2-3-5-9(8)7-12-10/h2-6H,1H3;2-7H,1H3. The Balaban J connectivity index is 0.000000179. The number of benzene rings is 2. The highest BCUT2D eigenvalue weighted by atomic mass is 16.6. The Morgan fingerprint density at radius 2 is 1.35 bits per heavy atom. The lowest BCUT2D eigenvalue weighted by molar-refractivity contribution is -0.383. The fraction of sp³-hybridized carbons (Fsp3) is 0.0909. The van der Waals surface area contributed by atoms with Crippen LogP contribution in [0.25, 0.3) is 21.5 Å². The fourth-order valence-corrected chi connectivity index (χ4v) is 2.83. The number of non-ortho nitro benzene ring substituents is 1. The molecule has 31 heavy (non-hydrogen) atoms. The van der Waals surface area contributed by atoms with Gasteiger partial charge in [-0.2, -0.15) is 0 Å². The van der Waals surface area contributed by atoms with Crippen molar-refractivity contribution in [1.29, 1.82) is 0 Å². The van der Waals surface area contributed by atoms with Gasteiger partial charge in [-0.15, -0.1) is 0 Å². The number of ether oxygens (including phenoxy) is 2. The van der Waals surface area contributed by atoms with Crippen LogP contribution < -0.4 is 0 Å². The number of methoxy groups -OCH3 is 2. The number of carbonyl (C=O) groups is 2. The first kappa shape index (κ1) is 21.3. The van der Waals surface area contributed by atoms with Crippen molar-refractivity contribution in [2.45, 2.75) is 0 Å². The number of fused-ring (bicyclic) bond motifs is 2. The third kappa shape index (κ3) is 4.78. The molecule has 156 valence electrons. The minimum absolute atomic E-state index is 0.0503.